The first-order valence-corrected chi connectivity index (χ1v) is 9.30. The zero-order chi connectivity index (χ0) is 20.4. The Morgan fingerprint density at radius 3 is 2.55 bits per heavy atom. The van der Waals surface area contributed by atoms with Gasteiger partial charge in [-0.05, 0) is 29.8 Å². The Bertz CT molecular complexity index is 1230. The number of nitrogens with one attached hydrogen (secondary N) is 1. The maximum Gasteiger partial charge on any atom is 0.226 e. The van der Waals surface area contributed by atoms with Gasteiger partial charge < -0.3 is 14.8 Å². The molecule has 0 aliphatic carbocycles. The number of methoxy groups -OCH3 is 2. The van der Waals surface area contributed by atoms with Crippen molar-refractivity contribution in [2.75, 3.05) is 19.5 Å². The minimum Gasteiger partial charge on any atom is -0.497 e. The van der Waals surface area contributed by atoms with Crippen LogP contribution in [0.2, 0.25) is 0 Å². The number of aromatic nitrogens is 4. The molecule has 0 aliphatic rings. The number of ether oxygens (including phenoxy) is 2. The van der Waals surface area contributed by atoms with Gasteiger partial charge in [0, 0.05) is 18.0 Å². The predicted molar refractivity (Wildman–Crippen MR) is 109 cm³/mol. The number of benzene rings is 2. The van der Waals surface area contributed by atoms with E-state index < -0.39 is 0 Å². The van der Waals surface area contributed by atoms with E-state index in [2.05, 4.69) is 26.5 Å². The molecule has 8 nitrogen and oxygen atoms in total. The largest absolute Gasteiger partial charge is 0.497 e. The first-order chi connectivity index (χ1) is 14.2. The SMILES string of the molecule is COc1cc(CNc2nc3c(C#N)cccc3c3nc(CCl)nn23)cc(OC)c1. The van der Waals surface area contributed by atoms with Gasteiger partial charge in [-0.15, -0.1) is 16.7 Å². The lowest BCUT2D eigenvalue weighted by molar-refractivity contribution is 0.393. The van der Waals surface area contributed by atoms with Gasteiger partial charge in [0.05, 0.1) is 31.2 Å². The molecule has 0 unspecified atom stereocenters. The Hall–Kier alpha value is -3.57. The van der Waals surface area contributed by atoms with Crippen molar-refractivity contribution in [1.29, 1.82) is 5.26 Å². The van der Waals surface area contributed by atoms with E-state index in [1.165, 1.54) is 0 Å². The van der Waals surface area contributed by atoms with E-state index in [4.69, 9.17) is 21.1 Å². The van der Waals surface area contributed by atoms with Crippen molar-refractivity contribution in [2.45, 2.75) is 12.4 Å². The average Bonchev–Trinajstić information content (AvgIpc) is 3.21. The number of para-hydroxylation sites is 1. The van der Waals surface area contributed by atoms with Crippen LogP contribution in [0.15, 0.2) is 36.4 Å². The monoisotopic (exact) mass is 408 g/mol. The third-order valence-corrected chi connectivity index (χ3v) is 4.69. The normalized spacial score (nSPS) is 10.8. The Morgan fingerprint density at radius 1 is 1.14 bits per heavy atom. The number of rotatable bonds is 6. The predicted octanol–water partition coefficient (Wildman–Crippen LogP) is 3.52. The van der Waals surface area contributed by atoms with E-state index in [0.717, 1.165) is 10.9 Å². The van der Waals surface area contributed by atoms with Crippen LogP contribution in [0.25, 0.3) is 16.6 Å². The van der Waals surface area contributed by atoms with E-state index in [0.29, 0.717) is 46.5 Å². The number of halogens is 1. The first kappa shape index (κ1) is 18.8. The van der Waals surface area contributed by atoms with E-state index >= 15 is 0 Å². The number of anilines is 1. The van der Waals surface area contributed by atoms with Crippen molar-refractivity contribution in [3.05, 3.63) is 53.3 Å². The summed E-state index contributed by atoms with van der Waals surface area (Å²) in [5.41, 5.74) is 2.55. The molecule has 1 N–H and O–H groups in total. The van der Waals surface area contributed by atoms with Gasteiger partial charge in [0.1, 0.15) is 17.6 Å². The molecule has 0 radical (unpaired) electrons. The Kier molecular flexibility index (Phi) is 5.06. The number of nitriles is 1. The summed E-state index contributed by atoms with van der Waals surface area (Å²) in [4.78, 5) is 9.14. The molecule has 0 saturated heterocycles. The van der Waals surface area contributed by atoms with Gasteiger partial charge in [0.2, 0.25) is 5.95 Å². The van der Waals surface area contributed by atoms with Crippen LogP contribution in [0.5, 0.6) is 11.5 Å². The molecule has 2 aromatic heterocycles. The molecule has 0 fully saturated rings. The highest BCUT2D eigenvalue weighted by Crippen LogP contribution is 2.26. The lowest BCUT2D eigenvalue weighted by Gasteiger charge is -2.11. The second-order valence-corrected chi connectivity index (χ2v) is 6.49. The van der Waals surface area contributed by atoms with Gasteiger partial charge in [-0.1, -0.05) is 6.07 Å². The molecule has 4 aromatic rings. The van der Waals surface area contributed by atoms with Crippen molar-refractivity contribution < 1.29 is 9.47 Å². The van der Waals surface area contributed by atoms with Crippen LogP contribution in [-0.4, -0.2) is 33.8 Å². The Morgan fingerprint density at radius 2 is 1.90 bits per heavy atom. The summed E-state index contributed by atoms with van der Waals surface area (Å²) in [5, 5.41) is 17.9. The highest BCUT2D eigenvalue weighted by molar-refractivity contribution is 6.16. The van der Waals surface area contributed by atoms with Crippen LogP contribution in [0.3, 0.4) is 0 Å². The minimum atomic E-state index is 0.174. The molecule has 0 bridgehead atoms. The molecule has 0 saturated carbocycles. The molecule has 9 heteroatoms. The number of hydrogen-bond donors (Lipinski definition) is 1. The van der Waals surface area contributed by atoms with E-state index in [-0.39, 0.29) is 5.88 Å². The molecule has 2 heterocycles. The third-order valence-electron chi connectivity index (χ3n) is 4.45. The molecule has 0 amide bonds. The van der Waals surface area contributed by atoms with Gasteiger partial charge >= 0.3 is 0 Å². The van der Waals surface area contributed by atoms with Crippen LogP contribution in [0, 0.1) is 11.3 Å². The summed E-state index contributed by atoms with van der Waals surface area (Å²) in [6, 6.07) is 13.2. The van der Waals surface area contributed by atoms with Gasteiger partial charge in [-0.2, -0.15) is 9.78 Å². The molecule has 2 aromatic carbocycles. The van der Waals surface area contributed by atoms with E-state index in [1.807, 2.05) is 18.2 Å². The van der Waals surface area contributed by atoms with Gasteiger partial charge in [-0.25, -0.2) is 9.97 Å². The summed E-state index contributed by atoms with van der Waals surface area (Å²) in [6.07, 6.45) is 0. The quantitative estimate of drug-likeness (QED) is 0.487. The summed E-state index contributed by atoms with van der Waals surface area (Å²) in [5.74, 6) is 2.49. The zero-order valence-electron chi connectivity index (χ0n) is 15.8. The standard InChI is InChI=1S/C20H17ClN6O2/c1-28-14-6-12(7-15(8-14)29-2)11-23-20-25-18-13(10-22)4-3-5-16(18)19-24-17(9-21)26-27(19)20/h3-8H,9,11H2,1-2H3,(H,23,25). The lowest BCUT2D eigenvalue weighted by Crippen LogP contribution is -2.09. The van der Waals surface area contributed by atoms with Gasteiger partial charge in [-0.3, -0.25) is 0 Å². The maximum atomic E-state index is 9.47. The smallest absolute Gasteiger partial charge is 0.226 e. The second kappa shape index (κ2) is 7.81. The first-order valence-electron chi connectivity index (χ1n) is 8.77. The fourth-order valence-electron chi connectivity index (χ4n) is 3.09. The maximum absolute atomic E-state index is 9.47. The number of alkyl halides is 1. The highest BCUT2D eigenvalue weighted by Gasteiger charge is 2.15. The number of fused-ring (bicyclic) bond motifs is 3. The number of hydrogen-bond acceptors (Lipinski definition) is 7. The van der Waals surface area contributed by atoms with Crippen molar-refractivity contribution >= 4 is 34.1 Å². The van der Waals surface area contributed by atoms with Crippen LogP contribution in [0.4, 0.5) is 5.95 Å². The van der Waals surface area contributed by atoms with Crippen molar-refractivity contribution in [3.8, 4) is 17.6 Å². The Labute approximate surface area is 171 Å². The highest BCUT2D eigenvalue weighted by atomic mass is 35.5. The Balaban J connectivity index is 1.80. The van der Waals surface area contributed by atoms with Crippen molar-refractivity contribution in [1.82, 2.24) is 19.6 Å². The van der Waals surface area contributed by atoms with Crippen LogP contribution < -0.4 is 14.8 Å². The number of nitrogens with zero attached hydrogens (tertiary/aromatic N) is 5. The molecule has 0 spiro atoms. The second-order valence-electron chi connectivity index (χ2n) is 6.22. The topological polar surface area (TPSA) is 97.4 Å². The molecule has 0 atom stereocenters. The van der Waals surface area contributed by atoms with Gasteiger partial charge in [0.15, 0.2) is 11.5 Å². The van der Waals surface area contributed by atoms with Gasteiger partial charge in [0.25, 0.3) is 0 Å². The van der Waals surface area contributed by atoms with Crippen LogP contribution >= 0.6 is 11.6 Å². The molecular weight excluding hydrogens is 392 g/mol. The molecule has 29 heavy (non-hydrogen) atoms. The zero-order valence-corrected chi connectivity index (χ0v) is 16.6. The van der Waals surface area contributed by atoms with E-state index in [1.54, 1.807) is 36.9 Å². The van der Waals surface area contributed by atoms with Crippen molar-refractivity contribution in [3.63, 3.8) is 0 Å². The summed E-state index contributed by atoms with van der Waals surface area (Å²) in [6.45, 7) is 0.436. The fraction of sp³-hybridized carbons (Fsp3) is 0.200. The van der Waals surface area contributed by atoms with Crippen LogP contribution in [0.1, 0.15) is 17.0 Å². The van der Waals surface area contributed by atoms with Crippen molar-refractivity contribution in [2.24, 2.45) is 0 Å². The lowest BCUT2D eigenvalue weighted by atomic mass is 10.1. The summed E-state index contributed by atoms with van der Waals surface area (Å²) in [7, 11) is 3.21. The summed E-state index contributed by atoms with van der Waals surface area (Å²) < 4.78 is 12.3. The molecule has 0 aliphatic heterocycles. The molecular formula is C20H17ClN6O2. The fourth-order valence-corrected chi connectivity index (χ4v) is 3.20. The van der Waals surface area contributed by atoms with Crippen LogP contribution in [-0.2, 0) is 12.4 Å². The average molecular weight is 409 g/mol. The molecule has 146 valence electrons. The minimum absolute atomic E-state index is 0.174. The molecule has 4 rings (SSSR count). The van der Waals surface area contributed by atoms with E-state index in [9.17, 15) is 5.26 Å². The third kappa shape index (κ3) is 3.48. The summed E-state index contributed by atoms with van der Waals surface area (Å²) >= 11 is 5.94.